The molecule has 1 heterocycles. The van der Waals surface area contributed by atoms with E-state index < -0.39 is 0 Å². The molecule has 26 heavy (non-hydrogen) atoms. The van der Waals surface area contributed by atoms with Gasteiger partial charge in [-0.2, -0.15) is 0 Å². The molecule has 0 spiro atoms. The van der Waals surface area contributed by atoms with Crippen molar-refractivity contribution >= 4 is 16.9 Å². The lowest BCUT2D eigenvalue weighted by molar-refractivity contribution is 0.178. The Morgan fingerprint density at radius 2 is 1.81 bits per heavy atom. The molecule has 0 amide bonds. The maximum Gasteiger partial charge on any atom is 0.191 e. The number of hydrogen-bond donors (Lipinski definition) is 2. The number of benzene rings is 1. The molecule has 0 saturated carbocycles. The van der Waals surface area contributed by atoms with Gasteiger partial charge in [-0.15, -0.1) is 0 Å². The Morgan fingerprint density at radius 1 is 1.08 bits per heavy atom. The zero-order valence-corrected chi connectivity index (χ0v) is 16.8. The predicted molar refractivity (Wildman–Crippen MR) is 112 cm³/mol. The van der Waals surface area contributed by atoms with Crippen molar-refractivity contribution in [1.29, 1.82) is 0 Å². The molecule has 1 aromatic heterocycles. The highest BCUT2D eigenvalue weighted by Gasteiger charge is 2.12. The molecular weight excluding hydrogens is 322 g/mol. The van der Waals surface area contributed by atoms with Crippen LogP contribution in [-0.2, 0) is 6.54 Å². The van der Waals surface area contributed by atoms with E-state index in [9.17, 15) is 0 Å². The van der Waals surface area contributed by atoms with Crippen LogP contribution in [0.5, 0.6) is 0 Å². The van der Waals surface area contributed by atoms with Gasteiger partial charge >= 0.3 is 0 Å². The van der Waals surface area contributed by atoms with Gasteiger partial charge in [0, 0.05) is 43.3 Å². The van der Waals surface area contributed by atoms with Crippen LogP contribution in [0.4, 0.5) is 0 Å². The lowest BCUT2D eigenvalue weighted by Crippen LogP contribution is -2.45. The Morgan fingerprint density at radius 3 is 2.50 bits per heavy atom. The summed E-state index contributed by atoms with van der Waals surface area (Å²) in [4.78, 5) is 11.7. The number of pyridine rings is 1. The monoisotopic (exact) mass is 355 g/mol. The second-order valence-electron chi connectivity index (χ2n) is 7.03. The summed E-state index contributed by atoms with van der Waals surface area (Å²) in [5.74, 6) is 0.862. The lowest BCUT2D eigenvalue weighted by atomic mass is 10.1. The molecular formula is C21H33N5. The minimum atomic E-state index is 0.541. The first kappa shape index (κ1) is 20.2. The summed E-state index contributed by atoms with van der Waals surface area (Å²) in [5, 5.41) is 7.97. The summed E-state index contributed by atoms with van der Waals surface area (Å²) in [6.45, 7) is 14.4. The first-order chi connectivity index (χ1) is 12.5. The summed E-state index contributed by atoms with van der Waals surface area (Å²) in [5.41, 5.74) is 2.21. The number of aliphatic imine (C=N–C) groups is 1. The summed E-state index contributed by atoms with van der Waals surface area (Å²) < 4.78 is 0. The van der Waals surface area contributed by atoms with E-state index in [4.69, 9.17) is 4.99 Å². The third-order valence-corrected chi connectivity index (χ3v) is 4.48. The van der Waals surface area contributed by atoms with Crippen LogP contribution in [0.15, 0.2) is 41.5 Å². The van der Waals surface area contributed by atoms with Crippen LogP contribution in [0.2, 0.25) is 0 Å². The van der Waals surface area contributed by atoms with Gasteiger partial charge in [0.2, 0.25) is 0 Å². The molecule has 2 rings (SSSR count). The molecule has 1 aromatic carbocycles. The van der Waals surface area contributed by atoms with Gasteiger partial charge in [0.25, 0.3) is 0 Å². The molecule has 0 unspecified atom stereocenters. The average Bonchev–Trinajstić information content (AvgIpc) is 2.62. The van der Waals surface area contributed by atoms with Crippen molar-refractivity contribution in [1.82, 2.24) is 20.5 Å². The highest BCUT2D eigenvalue weighted by Crippen LogP contribution is 2.16. The molecule has 0 atom stereocenters. The molecule has 5 nitrogen and oxygen atoms in total. The van der Waals surface area contributed by atoms with E-state index >= 15 is 0 Å². The SMILES string of the molecule is CCNC(=NCc1ccnc2ccccc12)NCCN(C(C)C)C(C)C. The van der Waals surface area contributed by atoms with Crippen molar-refractivity contribution in [3.05, 3.63) is 42.1 Å². The van der Waals surface area contributed by atoms with Gasteiger partial charge in [-0.1, -0.05) is 18.2 Å². The van der Waals surface area contributed by atoms with Gasteiger partial charge in [-0.25, -0.2) is 4.99 Å². The van der Waals surface area contributed by atoms with E-state index in [0.717, 1.165) is 31.1 Å². The zero-order chi connectivity index (χ0) is 18.9. The van der Waals surface area contributed by atoms with Crippen molar-refractivity contribution in [2.45, 2.75) is 53.2 Å². The third-order valence-electron chi connectivity index (χ3n) is 4.48. The molecule has 2 N–H and O–H groups in total. The van der Waals surface area contributed by atoms with Crippen molar-refractivity contribution in [2.24, 2.45) is 4.99 Å². The molecule has 0 bridgehead atoms. The fourth-order valence-electron chi connectivity index (χ4n) is 3.22. The van der Waals surface area contributed by atoms with Crippen LogP contribution in [0, 0.1) is 0 Å². The van der Waals surface area contributed by atoms with Crippen molar-refractivity contribution in [3.8, 4) is 0 Å². The van der Waals surface area contributed by atoms with Crippen molar-refractivity contribution in [3.63, 3.8) is 0 Å². The Balaban J connectivity index is 2.02. The number of nitrogens with one attached hydrogen (secondary N) is 2. The fraction of sp³-hybridized carbons (Fsp3) is 0.524. The van der Waals surface area contributed by atoms with Gasteiger partial charge < -0.3 is 10.6 Å². The van der Waals surface area contributed by atoms with Crippen molar-refractivity contribution < 1.29 is 0 Å². The van der Waals surface area contributed by atoms with Gasteiger partial charge in [0.15, 0.2) is 5.96 Å². The molecule has 0 aliphatic carbocycles. The van der Waals surface area contributed by atoms with Crippen LogP contribution >= 0.6 is 0 Å². The smallest absolute Gasteiger partial charge is 0.191 e. The van der Waals surface area contributed by atoms with E-state index in [1.807, 2.05) is 24.4 Å². The quantitative estimate of drug-likeness (QED) is 0.563. The second kappa shape index (κ2) is 10.1. The highest BCUT2D eigenvalue weighted by molar-refractivity contribution is 5.83. The van der Waals surface area contributed by atoms with E-state index in [1.165, 1.54) is 10.9 Å². The summed E-state index contributed by atoms with van der Waals surface area (Å²) in [7, 11) is 0. The minimum Gasteiger partial charge on any atom is -0.357 e. The number of aromatic nitrogens is 1. The van der Waals surface area contributed by atoms with Crippen LogP contribution in [0.3, 0.4) is 0 Å². The van der Waals surface area contributed by atoms with Crippen molar-refractivity contribution in [2.75, 3.05) is 19.6 Å². The fourth-order valence-corrected chi connectivity index (χ4v) is 3.22. The molecule has 142 valence electrons. The molecule has 0 fully saturated rings. The van der Waals surface area contributed by atoms with Gasteiger partial charge in [-0.3, -0.25) is 9.88 Å². The van der Waals surface area contributed by atoms with Gasteiger partial charge in [-0.05, 0) is 52.3 Å². The first-order valence-corrected chi connectivity index (χ1v) is 9.63. The Kier molecular flexibility index (Phi) is 7.85. The van der Waals surface area contributed by atoms with Gasteiger partial charge in [0.05, 0.1) is 12.1 Å². The highest BCUT2D eigenvalue weighted by atomic mass is 15.2. The zero-order valence-electron chi connectivity index (χ0n) is 16.8. The molecule has 0 saturated heterocycles. The molecule has 5 heteroatoms. The minimum absolute atomic E-state index is 0.541. The molecule has 0 aliphatic heterocycles. The third kappa shape index (κ3) is 5.70. The number of para-hydroxylation sites is 1. The molecule has 0 aliphatic rings. The van der Waals surface area contributed by atoms with Gasteiger partial charge in [0.1, 0.15) is 0 Å². The maximum atomic E-state index is 4.77. The van der Waals surface area contributed by atoms with E-state index in [2.05, 4.69) is 67.3 Å². The number of nitrogens with zero attached hydrogens (tertiary/aromatic N) is 3. The molecule has 0 radical (unpaired) electrons. The van der Waals surface area contributed by atoms with Crippen LogP contribution in [0.25, 0.3) is 10.9 Å². The van der Waals surface area contributed by atoms with E-state index in [-0.39, 0.29) is 0 Å². The Labute approximate surface area is 157 Å². The topological polar surface area (TPSA) is 52.6 Å². The predicted octanol–water partition coefficient (Wildman–Crippen LogP) is 3.41. The van der Waals surface area contributed by atoms with E-state index in [1.54, 1.807) is 0 Å². The lowest BCUT2D eigenvalue weighted by Gasteiger charge is -2.30. The van der Waals surface area contributed by atoms with E-state index in [0.29, 0.717) is 18.6 Å². The first-order valence-electron chi connectivity index (χ1n) is 9.63. The number of rotatable bonds is 8. The van der Waals surface area contributed by atoms with Crippen LogP contribution in [0.1, 0.15) is 40.2 Å². The average molecular weight is 356 g/mol. The Hall–Kier alpha value is -2.14. The summed E-state index contributed by atoms with van der Waals surface area (Å²) in [6.07, 6.45) is 1.86. The second-order valence-corrected chi connectivity index (χ2v) is 7.03. The number of fused-ring (bicyclic) bond motifs is 1. The summed E-state index contributed by atoms with van der Waals surface area (Å²) >= 11 is 0. The Bertz CT molecular complexity index is 695. The van der Waals surface area contributed by atoms with Crippen LogP contribution in [-0.4, -0.2) is 47.6 Å². The molecule has 2 aromatic rings. The summed E-state index contributed by atoms with van der Waals surface area (Å²) in [6, 6.07) is 11.3. The normalized spacial score (nSPS) is 12.4. The number of guanidine groups is 1. The van der Waals surface area contributed by atoms with Crippen LogP contribution < -0.4 is 10.6 Å². The standard InChI is InChI=1S/C21H33N5/c1-6-22-21(24-13-14-26(16(2)3)17(4)5)25-15-18-11-12-23-20-10-8-7-9-19(18)20/h7-12,16-17H,6,13-15H2,1-5H3,(H2,22,24,25). The maximum absolute atomic E-state index is 4.77. The number of hydrogen-bond acceptors (Lipinski definition) is 3. The largest absolute Gasteiger partial charge is 0.357 e.